The zero-order valence-corrected chi connectivity index (χ0v) is 15.7. The summed E-state index contributed by atoms with van der Waals surface area (Å²) in [6.45, 7) is 3.75. The summed E-state index contributed by atoms with van der Waals surface area (Å²) in [7, 11) is 1.27. The van der Waals surface area contributed by atoms with Crippen molar-refractivity contribution < 1.29 is 23.1 Å². The maximum Gasteiger partial charge on any atom is 0.325 e. The molecule has 0 bridgehead atoms. The van der Waals surface area contributed by atoms with Crippen LogP contribution in [0.1, 0.15) is 21.5 Å². The minimum absolute atomic E-state index is 0.142. The van der Waals surface area contributed by atoms with E-state index in [1.165, 1.54) is 18.4 Å². The summed E-state index contributed by atoms with van der Waals surface area (Å²) in [4.78, 5) is 28.4. The van der Waals surface area contributed by atoms with Crippen LogP contribution in [0.15, 0.2) is 35.3 Å². The van der Waals surface area contributed by atoms with Gasteiger partial charge in [-0.3, -0.25) is 9.59 Å². The summed E-state index contributed by atoms with van der Waals surface area (Å²) in [6, 6.07) is 6.49. The van der Waals surface area contributed by atoms with E-state index in [2.05, 4.69) is 4.99 Å². The van der Waals surface area contributed by atoms with Gasteiger partial charge in [-0.15, -0.1) is 0 Å². The zero-order valence-electron chi connectivity index (χ0n) is 14.9. The van der Waals surface area contributed by atoms with Crippen LogP contribution in [-0.2, 0) is 16.1 Å². The molecule has 0 saturated heterocycles. The summed E-state index contributed by atoms with van der Waals surface area (Å²) in [6.07, 6.45) is 0. The first-order chi connectivity index (χ1) is 12.8. The van der Waals surface area contributed by atoms with Crippen molar-refractivity contribution >= 4 is 33.4 Å². The third kappa shape index (κ3) is 3.80. The molecule has 3 rings (SSSR count). The van der Waals surface area contributed by atoms with Gasteiger partial charge in [0.25, 0.3) is 5.91 Å². The van der Waals surface area contributed by atoms with Crippen LogP contribution in [0.25, 0.3) is 10.2 Å². The first-order valence-electron chi connectivity index (χ1n) is 8.01. The Morgan fingerprint density at radius 3 is 2.52 bits per heavy atom. The van der Waals surface area contributed by atoms with E-state index < -0.39 is 23.5 Å². The van der Waals surface area contributed by atoms with Crippen molar-refractivity contribution in [2.45, 2.75) is 20.4 Å². The molecular weight excluding hydrogens is 374 g/mol. The van der Waals surface area contributed by atoms with Crippen LogP contribution in [0.2, 0.25) is 0 Å². The van der Waals surface area contributed by atoms with Crippen molar-refractivity contribution in [3.05, 3.63) is 63.5 Å². The average Bonchev–Trinajstić information content (AvgIpc) is 2.91. The molecule has 1 heterocycles. The highest BCUT2D eigenvalue weighted by Gasteiger charge is 2.15. The molecule has 0 atom stereocenters. The Balaban J connectivity index is 2.19. The van der Waals surface area contributed by atoms with Gasteiger partial charge in [-0.2, -0.15) is 4.99 Å². The number of ether oxygens (including phenoxy) is 1. The quantitative estimate of drug-likeness (QED) is 0.643. The average molecular weight is 390 g/mol. The van der Waals surface area contributed by atoms with Crippen LogP contribution in [0.5, 0.6) is 0 Å². The lowest BCUT2D eigenvalue weighted by Crippen LogP contribution is -2.22. The zero-order chi connectivity index (χ0) is 19.7. The molecule has 0 saturated carbocycles. The van der Waals surface area contributed by atoms with E-state index in [0.29, 0.717) is 6.07 Å². The Kier molecular flexibility index (Phi) is 5.18. The number of aryl methyl sites for hydroxylation is 2. The number of methoxy groups -OCH3 is 1. The van der Waals surface area contributed by atoms with Crippen molar-refractivity contribution in [2.24, 2.45) is 4.99 Å². The number of esters is 1. The lowest BCUT2D eigenvalue weighted by molar-refractivity contribution is -0.141. The second kappa shape index (κ2) is 7.40. The summed E-state index contributed by atoms with van der Waals surface area (Å²) in [5.41, 5.74) is 2.45. The number of hydrogen-bond donors (Lipinski definition) is 0. The van der Waals surface area contributed by atoms with E-state index in [9.17, 15) is 18.4 Å². The number of aromatic nitrogens is 1. The molecule has 1 amide bonds. The van der Waals surface area contributed by atoms with Crippen molar-refractivity contribution in [1.29, 1.82) is 0 Å². The molecule has 3 aromatic rings. The minimum Gasteiger partial charge on any atom is -0.468 e. The van der Waals surface area contributed by atoms with E-state index in [-0.39, 0.29) is 16.9 Å². The van der Waals surface area contributed by atoms with E-state index in [1.807, 2.05) is 26.0 Å². The highest BCUT2D eigenvalue weighted by Crippen LogP contribution is 2.22. The molecule has 0 aliphatic heterocycles. The molecular formula is C19H16F2N2O3S. The van der Waals surface area contributed by atoms with Gasteiger partial charge in [0.2, 0.25) is 0 Å². The maximum absolute atomic E-state index is 13.9. The predicted molar refractivity (Wildman–Crippen MR) is 97.6 cm³/mol. The fourth-order valence-corrected chi connectivity index (χ4v) is 3.67. The predicted octanol–water partition coefficient (Wildman–Crippen LogP) is 3.51. The summed E-state index contributed by atoms with van der Waals surface area (Å²) < 4.78 is 34.0. The molecule has 1 aromatic heterocycles. The number of nitrogens with zero attached hydrogens (tertiary/aromatic N) is 2. The van der Waals surface area contributed by atoms with Gasteiger partial charge < -0.3 is 9.30 Å². The van der Waals surface area contributed by atoms with Crippen LogP contribution >= 0.6 is 11.3 Å². The molecule has 0 aliphatic rings. The topological polar surface area (TPSA) is 60.7 Å². The minimum atomic E-state index is -0.990. The number of benzene rings is 2. The molecule has 8 heteroatoms. The van der Waals surface area contributed by atoms with Crippen LogP contribution in [-0.4, -0.2) is 23.6 Å². The monoisotopic (exact) mass is 390 g/mol. The molecule has 5 nitrogen and oxygen atoms in total. The van der Waals surface area contributed by atoms with Gasteiger partial charge in [0.1, 0.15) is 18.2 Å². The fourth-order valence-electron chi connectivity index (χ4n) is 2.56. The second-order valence-electron chi connectivity index (χ2n) is 5.99. The molecule has 0 aliphatic carbocycles. The number of carbonyl (C=O) groups is 2. The molecule has 0 N–H and O–H groups in total. The second-order valence-corrected chi connectivity index (χ2v) is 7.00. The molecule has 0 radical (unpaired) electrons. The molecule has 27 heavy (non-hydrogen) atoms. The van der Waals surface area contributed by atoms with Crippen molar-refractivity contribution in [3.63, 3.8) is 0 Å². The normalized spacial score (nSPS) is 11.8. The van der Waals surface area contributed by atoms with Crippen LogP contribution in [0, 0.1) is 25.5 Å². The van der Waals surface area contributed by atoms with Crippen LogP contribution in [0.4, 0.5) is 8.78 Å². The SMILES string of the molecule is COC(=O)Cn1c(=NC(=O)c2ccc(F)cc2F)sc2cc(C)c(C)cc21. The summed E-state index contributed by atoms with van der Waals surface area (Å²) >= 11 is 1.20. The van der Waals surface area contributed by atoms with E-state index in [0.717, 1.165) is 33.5 Å². The van der Waals surface area contributed by atoms with Crippen LogP contribution in [0.3, 0.4) is 0 Å². The van der Waals surface area contributed by atoms with Crippen molar-refractivity contribution in [3.8, 4) is 0 Å². The summed E-state index contributed by atoms with van der Waals surface area (Å²) in [5, 5.41) is 0. The van der Waals surface area contributed by atoms with Crippen molar-refractivity contribution in [1.82, 2.24) is 4.57 Å². The largest absolute Gasteiger partial charge is 0.468 e. The Morgan fingerprint density at radius 1 is 1.15 bits per heavy atom. The highest BCUT2D eigenvalue weighted by atomic mass is 32.1. The lowest BCUT2D eigenvalue weighted by atomic mass is 10.1. The first-order valence-corrected chi connectivity index (χ1v) is 8.83. The number of halogens is 2. The Bertz CT molecular complexity index is 1130. The maximum atomic E-state index is 13.9. The number of hydrogen-bond acceptors (Lipinski definition) is 4. The Morgan fingerprint density at radius 2 is 1.85 bits per heavy atom. The molecule has 2 aromatic carbocycles. The van der Waals surface area contributed by atoms with Gasteiger partial charge in [0.05, 0.1) is 22.9 Å². The number of carbonyl (C=O) groups excluding carboxylic acids is 2. The summed E-state index contributed by atoms with van der Waals surface area (Å²) in [5.74, 6) is -3.13. The Hall–Kier alpha value is -2.87. The third-order valence-electron chi connectivity index (χ3n) is 4.17. The number of amides is 1. The Labute approximate surface area is 157 Å². The van der Waals surface area contributed by atoms with E-state index >= 15 is 0 Å². The highest BCUT2D eigenvalue weighted by molar-refractivity contribution is 7.16. The van der Waals surface area contributed by atoms with Crippen molar-refractivity contribution in [2.75, 3.05) is 7.11 Å². The van der Waals surface area contributed by atoms with Gasteiger partial charge in [0.15, 0.2) is 4.80 Å². The van der Waals surface area contributed by atoms with Gasteiger partial charge in [-0.25, -0.2) is 8.78 Å². The number of fused-ring (bicyclic) bond motifs is 1. The first kappa shape index (κ1) is 18.9. The smallest absolute Gasteiger partial charge is 0.325 e. The number of thiazole rings is 1. The van der Waals surface area contributed by atoms with Gasteiger partial charge >= 0.3 is 5.97 Å². The lowest BCUT2D eigenvalue weighted by Gasteiger charge is -2.05. The fraction of sp³-hybridized carbons (Fsp3) is 0.211. The molecule has 140 valence electrons. The molecule has 0 unspecified atom stereocenters. The standard InChI is InChI=1S/C19H16F2N2O3S/c1-10-6-15-16(7-11(10)2)27-19(23(15)9-17(24)26-3)22-18(25)13-5-4-12(20)8-14(13)21/h4-8H,9H2,1-3H3. The van der Waals surface area contributed by atoms with Gasteiger partial charge in [-0.05, 0) is 49.2 Å². The van der Waals surface area contributed by atoms with Gasteiger partial charge in [0, 0.05) is 6.07 Å². The van der Waals surface area contributed by atoms with Gasteiger partial charge in [-0.1, -0.05) is 11.3 Å². The molecule has 0 spiro atoms. The van der Waals surface area contributed by atoms with E-state index in [1.54, 1.807) is 4.57 Å². The van der Waals surface area contributed by atoms with Crippen LogP contribution < -0.4 is 4.80 Å². The third-order valence-corrected chi connectivity index (χ3v) is 5.21. The number of rotatable bonds is 3. The molecule has 0 fully saturated rings. The van der Waals surface area contributed by atoms with E-state index in [4.69, 9.17) is 4.74 Å².